The summed E-state index contributed by atoms with van der Waals surface area (Å²) in [6, 6.07) is 12.3. The highest BCUT2D eigenvalue weighted by Crippen LogP contribution is 2.35. The fourth-order valence-corrected chi connectivity index (χ4v) is 3.48. The summed E-state index contributed by atoms with van der Waals surface area (Å²) in [5.41, 5.74) is 2.30. The van der Waals surface area contributed by atoms with Gasteiger partial charge >= 0.3 is 6.03 Å². The van der Waals surface area contributed by atoms with Gasteiger partial charge in [0.25, 0.3) is 0 Å². The molecule has 0 aliphatic carbocycles. The maximum absolute atomic E-state index is 12.4. The van der Waals surface area contributed by atoms with E-state index in [0.717, 1.165) is 12.2 Å². The van der Waals surface area contributed by atoms with E-state index < -0.39 is 0 Å². The largest absolute Gasteiger partial charge is 0.333 e. The molecule has 0 bridgehead atoms. The fourth-order valence-electron chi connectivity index (χ4n) is 2.65. The normalized spacial score (nSPS) is 17.1. The van der Waals surface area contributed by atoms with Gasteiger partial charge in [0.2, 0.25) is 0 Å². The van der Waals surface area contributed by atoms with Gasteiger partial charge in [-0.1, -0.05) is 25.1 Å². The molecule has 4 heteroatoms. The standard InChI is InChI=1S/C16H18N2OS/c1-11-10-18(15-6-4-3-5-14(11)15)16(19)17-9-13-8-7-12(2)20-13/h3-8,11H,9-10H2,1-2H3,(H,17,19). The van der Waals surface area contributed by atoms with Gasteiger partial charge in [0.15, 0.2) is 0 Å². The van der Waals surface area contributed by atoms with Crippen molar-refractivity contribution < 1.29 is 4.79 Å². The van der Waals surface area contributed by atoms with Gasteiger partial charge in [0.05, 0.1) is 6.54 Å². The monoisotopic (exact) mass is 286 g/mol. The molecule has 1 N–H and O–H groups in total. The molecule has 2 amide bonds. The third kappa shape index (κ3) is 2.43. The maximum Gasteiger partial charge on any atom is 0.322 e. The van der Waals surface area contributed by atoms with E-state index >= 15 is 0 Å². The fraction of sp³-hybridized carbons (Fsp3) is 0.312. The topological polar surface area (TPSA) is 32.3 Å². The minimum absolute atomic E-state index is 0.00662. The Hall–Kier alpha value is -1.81. The SMILES string of the molecule is Cc1ccc(CNC(=O)N2CC(C)c3ccccc32)s1. The summed E-state index contributed by atoms with van der Waals surface area (Å²) in [5, 5.41) is 3.01. The lowest BCUT2D eigenvalue weighted by Crippen LogP contribution is -2.38. The molecule has 2 heterocycles. The number of fused-ring (bicyclic) bond motifs is 1. The maximum atomic E-state index is 12.4. The van der Waals surface area contributed by atoms with Gasteiger partial charge in [0.1, 0.15) is 0 Å². The number of nitrogens with zero attached hydrogens (tertiary/aromatic N) is 1. The number of hydrogen-bond acceptors (Lipinski definition) is 2. The highest BCUT2D eigenvalue weighted by molar-refractivity contribution is 7.11. The molecule has 0 spiro atoms. The third-order valence-electron chi connectivity index (χ3n) is 3.67. The van der Waals surface area contributed by atoms with Gasteiger partial charge < -0.3 is 5.32 Å². The molecule has 1 unspecified atom stereocenters. The molecule has 20 heavy (non-hydrogen) atoms. The number of nitrogens with one attached hydrogen (secondary N) is 1. The van der Waals surface area contributed by atoms with E-state index in [4.69, 9.17) is 0 Å². The summed E-state index contributed by atoms with van der Waals surface area (Å²) in [6.45, 7) is 5.60. The minimum atomic E-state index is -0.00662. The average molecular weight is 286 g/mol. The van der Waals surface area contributed by atoms with Gasteiger partial charge in [-0.25, -0.2) is 4.79 Å². The van der Waals surface area contributed by atoms with Crippen LogP contribution < -0.4 is 10.2 Å². The molecule has 0 saturated heterocycles. The highest BCUT2D eigenvalue weighted by atomic mass is 32.1. The second kappa shape index (κ2) is 5.29. The summed E-state index contributed by atoms with van der Waals surface area (Å²) in [7, 11) is 0. The number of anilines is 1. The molecule has 0 saturated carbocycles. The van der Waals surface area contributed by atoms with E-state index in [2.05, 4.69) is 37.4 Å². The van der Waals surface area contributed by atoms with Crippen LogP contribution in [-0.4, -0.2) is 12.6 Å². The number of benzene rings is 1. The van der Waals surface area contributed by atoms with Gasteiger partial charge in [-0.2, -0.15) is 0 Å². The average Bonchev–Trinajstić information content (AvgIpc) is 3.01. The Balaban J connectivity index is 1.69. The van der Waals surface area contributed by atoms with E-state index in [1.807, 2.05) is 23.1 Å². The summed E-state index contributed by atoms with van der Waals surface area (Å²) in [6.07, 6.45) is 0. The Morgan fingerprint density at radius 3 is 2.90 bits per heavy atom. The van der Waals surface area contributed by atoms with Crippen LogP contribution in [-0.2, 0) is 6.54 Å². The summed E-state index contributed by atoms with van der Waals surface area (Å²) in [4.78, 5) is 16.7. The molecule has 1 aromatic heterocycles. The van der Waals surface area contributed by atoms with Crippen molar-refractivity contribution in [3.63, 3.8) is 0 Å². The van der Waals surface area contributed by atoms with Crippen LogP contribution in [0.5, 0.6) is 0 Å². The number of thiophene rings is 1. The predicted octanol–water partition coefficient (Wildman–Crippen LogP) is 3.89. The molecule has 3 rings (SSSR count). The molecule has 1 atom stereocenters. The van der Waals surface area contributed by atoms with Gasteiger partial charge in [-0.05, 0) is 30.7 Å². The number of rotatable bonds is 2. The Morgan fingerprint density at radius 2 is 2.15 bits per heavy atom. The first-order chi connectivity index (χ1) is 9.65. The van der Waals surface area contributed by atoms with Crippen LogP contribution in [0.2, 0.25) is 0 Å². The van der Waals surface area contributed by atoms with Crippen molar-refractivity contribution in [2.75, 3.05) is 11.4 Å². The van der Waals surface area contributed by atoms with Gasteiger partial charge in [-0.3, -0.25) is 4.90 Å². The van der Waals surface area contributed by atoms with Crippen LogP contribution in [0.3, 0.4) is 0 Å². The zero-order valence-corrected chi connectivity index (χ0v) is 12.5. The Labute approximate surface area is 123 Å². The molecule has 1 aliphatic rings. The first-order valence-corrected chi connectivity index (χ1v) is 7.66. The van der Waals surface area contributed by atoms with Crippen LogP contribution in [0.15, 0.2) is 36.4 Å². The number of urea groups is 1. The van der Waals surface area contributed by atoms with E-state index in [9.17, 15) is 4.79 Å². The lowest BCUT2D eigenvalue weighted by molar-refractivity contribution is 0.246. The van der Waals surface area contributed by atoms with Crippen molar-refractivity contribution in [2.24, 2.45) is 0 Å². The number of carbonyl (C=O) groups is 1. The molecule has 0 fully saturated rings. The van der Waals surface area contributed by atoms with Crippen LogP contribution >= 0.6 is 11.3 Å². The molecule has 3 nitrogen and oxygen atoms in total. The van der Waals surface area contributed by atoms with Crippen LogP contribution in [0, 0.1) is 6.92 Å². The highest BCUT2D eigenvalue weighted by Gasteiger charge is 2.29. The summed E-state index contributed by atoms with van der Waals surface area (Å²) < 4.78 is 0. The van der Waals surface area contributed by atoms with E-state index in [-0.39, 0.29) is 6.03 Å². The van der Waals surface area contributed by atoms with Crippen LogP contribution in [0.4, 0.5) is 10.5 Å². The molecule has 2 aromatic rings. The predicted molar refractivity (Wildman–Crippen MR) is 83.5 cm³/mol. The number of hydrogen-bond donors (Lipinski definition) is 1. The zero-order chi connectivity index (χ0) is 14.1. The van der Waals surface area contributed by atoms with Gasteiger partial charge in [0, 0.05) is 27.9 Å². The Morgan fingerprint density at radius 1 is 1.35 bits per heavy atom. The van der Waals surface area contributed by atoms with Crippen LogP contribution in [0.25, 0.3) is 0 Å². The zero-order valence-electron chi connectivity index (χ0n) is 11.7. The van der Waals surface area contributed by atoms with Gasteiger partial charge in [-0.15, -0.1) is 11.3 Å². The lowest BCUT2D eigenvalue weighted by atomic mass is 10.0. The van der Waals surface area contributed by atoms with E-state index in [0.29, 0.717) is 12.5 Å². The first kappa shape index (κ1) is 13.2. The lowest BCUT2D eigenvalue weighted by Gasteiger charge is -2.18. The molecule has 0 radical (unpaired) electrons. The van der Waals surface area contributed by atoms with E-state index in [1.165, 1.54) is 15.3 Å². The van der Waals surface area contributed by atoms with Crippen molar-refractivity contribution in [2.45, 2.75) is 26.3 Å². The van der Waals surface area contributed by atoms with Crippen molar-refractivity contribution in [1.29, 1.82) is 0 Å². The quantitative estimate of drug-likeness (QED) is 0.892. The number of amides is 2. The van der Waals surface area contributed by atoms with Crippen molar-refractivity contribution in [3.8, 4) is 0 Å². The van der Waals surface area contributed by atoms with E-state index in [1.54, 1.807) is 11.3 Å². The first-order valence-electron chi connectivity index (χ1n) is 6.85. The second-order valence-corrected chi connectivity index (χ2v) is 6.61. The molecular formula is C16H18N2OS. The summed E-state index contributed by atoms with van der Waals surface area (Å²) >= 11 is 1.73. The molecule has 1 aromatic carbocycles. The molecular weight excluding hydrogens is 268 g/mol. The smallest absolute Gasteiger partial charge is 0.322 e. The number of carbonyl (C=O) groups excluding carboxylic acids is 1. The Bertz CT molecular complexity index is 635. The Kier molecular flexibility index (Phi) is 3.49. The minimum Gasteiger partial charge on any atom is -0.333 e. The number of aryl methyl sites for hydroxylation is 1. The van der Waals surface area contributed by atoms with Crippen molar-refractivity contribution >= 4 is 23.1 Å². The molecule has 1 aliphatic heterocycles. The number of para-hydroxylation sites is 1. The van der Waals surface area contributed by atoms with Crippen LogP contribution in [0.1, 0.15) is 28.2 Å². The third-order valence-corrected chi connectivity index (χ3v) is 4.67. The molecule has 104 valence electrons. The van der Waals surface area contributed by atoms with Crippen molar-refractivity contribution in [3.05, 3.63) is 51.7 Å². The second-order valence-electron chi connectivity index (χ2n) is 5.24. The summed E-state index contributed by atoms with van der Waals surface area (Å²) in [5.74, 6) is 0.404. The van der Waals surface area contributed by atoms with Crippen molar-refractivity contribution in [1.82, 2.24) is 5.32 Å².